The van der Waals surface area contributed by atoms with E-state index < -0.39 is 21.7 Å². The second-order valence-electron chi connectivity index (χ2n) is 6.35. The molecule has 0 spiro atoms. The highest BCUT2D eigenvalue weighted by Crippen LogP contribution is 2.33. The van der Waals surface area contributed by atoms with Crippen molar-refractivity contribution >= 4 is 54.7 Å². The normalized spacial score (nSPS) is 12.3. The van der Waals surface area contributed by atoms with Crippen LogP contribution in [0.5, 0.6) is 5.75 Å². The van der Waals surface area contributed by atoms with Crippen LogP contribution in [0.2, 0.25) is 0 Å². The zero-order valence-electron chi connectivity index (χ0n) is 14.2. The monoisotopic (exact) mass is 412 g/mol. The topological polar surface area (TPSA) is 109 Å². The van der Waals surface area contributed by atoms with Crippen molar-refractivity contribution in [3.8, 4) is 5.75 Å². The Hall–Kier alpha value is -2.17. The number of nitrogen functional groups attached to an aromatic ring is 1. The van der Waals surface area contributed by atoms with Gasteiger partial charge < -0.3 is 14.7 Å². The van der Waals surface area contributed by atoms with Gasteiger partial charge in [-0.15, -0.1) is 22.7 Å². The number of benzene rings is 1. The number of hydrogen-bond acceptors (Lipinski definition) is 9. The van der Waals surface area contributed by atoms with Gasteiger partial charge in [-0.25, -0.2) is 9.78 Å². The Bertz CT molecular complexity index is 1060. The smallest absolute Gasteiger partial charge is 0.367 e. The molecular formula is C16H16N2O5S3. The highest BCUT2D eigenvalue weighted by molar-refractivity contribution is 7.89. The van der Waals surface area contributed by atoms with E-state index in [1.807, 2.05) is 0 Å². The Morgan fingerprint density at radius 1 is 1.27 bits per heavy atom. The number of carbonyl (C=O) groups excluding carboxylic acids is 1. The third-order valence-corrected chi connectivity index (χ3v) is 6.60. The summed E-state index contributed by atoms with van der Waals surface area (Å²) in [5, 5.41) is 1.78. The first kappa shape index (κ1) is 18.6. The summed E-state index contributed by atoms with van der Waals surface area (Å²) in [5.74, 6) is -0.505. The standard InChI is InChI=1S/C16H16N2O5S3/c1-16(2,3)22-15(19)14-18-13-10(17)7-9(8-11(13)25-14)23-26(20,21)12-5-4-6-24-12/h4-8H,17H2,1-3H3. The molecule has 2 aromatic heterocycles. The van der Waals surface area contributed by atoms with Crippen LogP contribution in [0, 0.1) is 0 Å². The average Bonchev–Trinajstić information content (AvgIpc) is 3.14. The fraction of sp³-hybridized carbons (Fsp3) is 0.250. The molecule has 1 aromatic carbocycles. The Balaban J connectivity index is 1.94. The fourth-order valence-corrected chi connectivity index (χ4v) is 4.83. The molecule has 0 amide bonds. The Morgan fingerprint density at radius 3 is 2.62 bits per heavy atom. The summed E-state index contributed by atoms with van der Waals surface area (Å²) in [5.41, 5.74) is 5.92. The zero-order valence-corrected chi connectivity index (χ0v) is 16.6. The molecule has 0 aliphatic carbocycles. The van der Waals surface area contributed by atoms with E-state index in [0.29, 0.717) is 10.2 Å². The number of aromatic nitrogens is 1. The highest BCUT2D eigenvalue weighted by Gasteiger charge is 2.23. The zero-order chi connectivity index (χ0) is 19.1. The van der Waals surface area contributed by atoms with E-state index in [0.717, 1.165) is 22.7 Å². The molecule has 2 heterocycles. The highest BCUT2D eigenvalue weighted by atomic mass is 32.3. The van der Waals surface area contributed by atoms with Gasteiger partial charge in [-0.2, -0.15) is 8.42 Å². The number of nitrogens with two attached hydrogens (primary N) is 1. The number of anilines is 1. The molecule has 138 valence electrons. The van der Waals surface area contributed by atoms with Gasteiger partial charge >= 0.3 is 16.1 Å². The molecule has 3 aromatic rings. The average molecular weight is 413 g/mol. The Labute approximate surface area is 158 Å². The maximum absolute atomic E-state index is 12.2. The van der Waals surface area contributed by atoms with Crippen LogP contribution in [0.4, 0.5) is 5.69 Å². The van der Waals surface area contributed by atoms with Crippen LogP contribution in [-0.2, 0) is 14.9 Å². The molecule has 7 nitrogen and oxygen atoms in total. The Morgan fingerprint density at radius 2 is 2.00 bits per heavy atom. The summed E-state index contributed by atoms with van der Waals surface area (Å²) in [7, 11) is -3.93. The lowest BCUT2D eigenvalue weighted by Crippen LogP contribution is -2.23. The molecule has 26 heavy (non-hydrogen) atoms. The van der Waals surface area contributed by atoms with Crippen LogP contribution in [0.3, 0.4) is 0 Å². The molecule has 2 N–H and O–H groups in total. The van der Waals surface area contributed by atoms with Gasteiger partial charge in [-0.1, -0.05) is 6.07 Å². The number of thiazole rings is 1. The van der Waals surface area contributed by atoms with Crippen molar-refractivity contribution in [2.75, 3.05) is 5.73 Å². The van der Waals surface area contributed by atoms with E-state index in [-0.39, 0.29) is 20.7 Å². The third-order valence-electron chi connectivity index (χ3n) is 3.02. The minimum atomic E-state index is -3.93. The molecule has 0 unspecified atom stereocenters. The van der Waals surface area contributed by atoms with Gasteiger partial charge in [0.05, 0.1) is 10.4 Å². The van der Waals surface area contributed by atoms with Crippen LogP contribution in [0.15, 0.2) is 33.9 Å². The van der Waals surface area contributed by atoms with E-state index in [2.05, 4.69) is 4.98 Å². The predicted molar refractivity (Wildman–Crippen MR) is 101 cm³/mol. The summed E-state index contributed by atoms with van der Waals surface area (Å²) >= 11 is 2.12. The quantitative estimate of drug-likeness (QED) is 0.396. The van der Waals surface area contributed by atoms with Crippen molar-refractivity contribution in [3.63, 3.8) is 0 Å². The summed E-state index contributed by atoms with van der Waals surface area (Å²) < 4.78 is 35.6. The van der Waals surface area contributed by atoms with Crippen molar-refractivity contribution in [2.24, 2.45) is 0 Å². The largest absolute Gasteiger partial charge is 0.455 e. The van der Waals surface area contributed by atoms with Gasteiger partial charge in [0.2, 0.25) is 5.01 Å². The number of hydrogen-bond donors (Lipinski definition) is 1. The Kier molecular flexibility index (Phi) is 4.67. The summed E-state index contributed by atoms with van der Waals surface area (Å²) in [6.07, 6.45) is 0. The second kappa shape index (κ2) is 6.53. The van der Waals surface area contributed by atoms with Gasteiger partial charge in [-0.05, 0) is 32.2 Å². The maximum Gasteiger partial charge on any atom is 0.367 e. The van der Waals surface area contributed by atoms with Crippen molar-refractivity contribution in [1.82, 2.24) is 4.98 Å². The van der Waals surface area contributed by atoms with Gasteiger partial charge in [-0.3, -0.25) is 0 Å². The number of ether oxygens (including phenoxy) is 1. The minimum absolute atomic E-state index is 0.0581. The SMILES string of the molecule is CC(C)(C)OC(=O)c1nc2c(N)cc(OS(=O)(=O)c3cccs3)cc2s1. The molecule has 0 saturated heterocycles. The molecule has 0 fully saturated rings. The molecule has 0 radical (unpaired) electrons. The van der Waals surface area contributed by atoms with E-state index in [4.69, 9.17) is 14.7 Å². The van der Waals surface area contributed by atoms with Crippen LogP contribution in [0.1, 0.15) is 30.6 Å². The van der Waals surface area contributed by atoms with Crippen molar-refractivity contribution in [3.05, 3.63) is 34.7 Å². The van der Waals surface area contributed by atoms with Crippen molar-refractivity contribution in [1.29, 1.82) is 0 Å². The first-order valence-corrected chi connectivity index (χ1v) is 10.6. The van der Waals surface area contributed by atoms with E-state index in [1.54, 1.807) is 32.2 Å². The fourth-order valence-electron chi connectivity index (χ4n) is 2.06. The van der Waals surface area contributed by atoms with Gasteiger partial charge in [0.15, 0.2) is 4.21 Å². The molecule has 0 saturated carbocycles. The molecule has 0 aliphatic heterocycles. The van der Waals surface area contributed by atoms with Crippen LogP contribution >= 0.6 is 22.7 Å². The number of carbonyl (C=O) groups is 1. The van der Waals surface area contributed by atoms with Crippen molar-refractivity contribution in [2.45, 2.75) is 30.6 Å². The molecule has 0 bridgehead atoms. The molecular weight excluding hydrogens is 396 g/mol. The van der Waals surface area contributed by atoms with Crippen LogP contribution in [-0.4, -0.2) is 25.0 Å². The molecule has 3 rings (SSSR count). The molecule has 0 atom stereocenters. The first-order valence-electron chi connectivity index (χ1n) is 7.46. The number of nitrogens with zero attached hydrogens (tertiary/aromatic N) is 1. The second-order valence-corrected chi connectivity index (χ2v) is 10.1. The van der Waals surface area contributed by atoms with Gasteiger partial charge in [0, 0.05) is 12.1 Å². The summed E-state index contributed by atoms with van der Waals surface area (Å²) in [6.45, 7) is 5.27. The first-order chi connectivity index (χ1) is 12.0. The summed E-state index contributed by atoms with van der Waals surface area (Å²) in [4.78, 5) is 16.4. The van der Waals surface area contributed by atoms with Gasteiger partial charge in [0.25, 0.3) is 0 Å². The lowest BCUT2D eigenvalue weighted by atomic mass is 10.2. The van der Waals surface area contributed by atoms with Crippen LogP contribution in [0.25, 0.3) is 10.2 Å². The molecule has 10 heteroatoms. The van der Waals surface area contributed by atoms with Crippen molar-refractivity contribution < 1.29 is 22.1 Å². The predicted octanol–water partition coefficient (Wildman–Crippen LogP) is 3.66. The minimum Gasteiger partial charge on any atom is -0.455 e. The number of rotatable bonds is 4. The lowest BCUT2D eigenvalue weighted by Gasteiger charge is -2.18. The van der Waals surface area contributed by atoms with Gasteiger partial charge in [0.1, 0.15) is 16.9 Å². The lowest BCUT2D eigenvalue weighted by molar-refractivity contribution is 0.00694. The third kappa shape index (κ3) is 3.97. The number of fused-ring (bicyclic) bond motifs is 1. The maximum atomic E-state index is 12.2. The number of thiophene rings is 1. The number of esters is 1. The summed E-state index contributed by atoms with van der Waals surface area (Å²) in [6, 6.07) is 5.93. The van der Waals surface area contributed by atoms with E-state index in [1.165, 1.54) is 18.2 Å². The molecule has 0 aliphatic rings. The van der Waals surface area contributed by atoms with E-state index in [9.17, 15) is 13.2 Å². The van der Waals surface area contributed by atoms with E-state index >= 15 is 0 Å². The van der Waals surface area contributed by atoms with Crippen LogP contribution < -0.4 is 9.92 Å².